The van der Waals surface area contributed by atoms with Crippen molar-refractivity contribution in [1.82, 2.24) is 5.12 Å². The number of benzene rings is 1. The number of anilines is 1. The summed E-state index contributed by atoms with van der Waals surface area (Å²) < 4.78 is 10.2. The van der Waals surface area contributed by atoms with Gasteiger partial charge in [0.15, 0.2) is 11.8 Å². The molecule has 2 aliphatic heterocycles. The second-order valence-corrected chi connectivity index (χ2v) is 5.47. The number of carbonyl (C=O) groups is 3. The quantitative estimate of drug-likeness (QED) is 0.419. The summed E-state index contributed by atoms with van der Waals surface area (Å²) >= 11 is 0. The van der Waals surface area contributed by atoms with Gasteiger partial charge in [0.05, 0.1) is 24.2 Å². The summed E-state index contributed by atoms with van der Waals surface area (Å²) in [5.74, 6) is -2.86. The van der Waals surface area contributed by atoms with E-state index >= 15 is 0 Å². The van der Waals surface area contributed by atoms with Crippen molar-refractivity contribution in [3.05, 3.63) is 29.2 Å². The number of ether oxygens (including phenoxy) is 2. The van der Waals surface area contributed by atoms with Gasteiger partial charge >= 0.3 is 5.97 Å². The summed E-state index contributed by atoms with van der Waals surface area (Å²) in [7, 11) is 0. The zero-order valence-electron chi connectivity index (χ0n) is 14.1. The number of fused-ring (bicyclic) bond motifs is 1. The Kier molecular flexibility index (Phi) is 4.65. The Hall–Kier alpha value is -3.30. The zero-order chi connectivity index (χ0) is 18.8. The summed E-state index contributed by atoms with van der Waals surface area (Å²) in [6.07, 6.45) is 0. The molecular formula is C16H16N4O6. The van der Waals surface area contributed by atoms with Gasteiger partial charge in [-0.1, -0.05) is 0 Å². The van der Waals surface area contributed by atoms with Gasteiger partial charge in [0, 0.05) is 0 Å². The van der Waals surface area contributed by atoms with Crippen LogP contribution in [0.2, 0.25) is 0 Å². The molecule has 136 valence electrons. The van der Waals surface area contributed by atoms with Crippen LogP contribution in [0.3, 0.4) is 0 Å². The molecule has 1 aromatic carbocycles. The van der Waals surface area contributed by atoms with Crippen LogP contribution < -0.4 is 9.64 Å². The lowest BCUT2D eigenvalue weighted by atomic mass is 9.98. The number of nitroso groups, excluding NO2 is 1. The lowest BCUT2D eigenvalue weighted by molar-refractivity contribution is -0.136. The second-order valence-electron chi connectivity index (χ2n) is 5.47. The zero-order valence-corrected chi connectivity index (χ0v) is 14.1. The standard InChI is InChI=1S/C16H16N4O6/c1-3-25-10-7-5-9(6-8-10)19-14(21)11-12(16(23)26-4-2)17-20(18-24)13(11)15(19)22/h5-8,11,13H,3-4H2,1-2H3/t11-,13+/m1/s1. The first-order chi connectivity index (χ1) is 12.5. The second kappa shape index (κ2) is 6.90. The van der Waals surface area contributed by atoms with E-state index < -0.39 is 29.7 Å². The van der Waals surface area contributed by atoms with E-state index in [0.717, 1.165) is 4.90 Å². The van der Waals surface area contributed by atoms with Crippen LogP contribution in [0.5, 0.6) is 5.75 Å². The number of amides is 2. The Morgan fingerprint density at radius 3 is 2.42 bits per heavy atom. The summed E-state index contributed by atoms with van der Waals surface area (Å²) in [5, 5.41) is 6.88. The molecule has 26 heavy (non-hydrogen) atoms. The first kappa shape index (κ1) is 17.5. The maximum absolute atomic E-state index is 12.8. The van der Waals surface area contributed by atoms with Gasteiger partial charge in [-0.05, 0) is 38.1 Å². The summed E-state index contributed by atoms with van der Waals surface area (Å²) in [4.78, 5) is 49.5. The number of esters is 1. The van der Waals surface area contributed by atoms with E-state index in [4.69, 9.17) is 9.47 Å². The topological polar surface area (TPSA) is 118 Å². The summed E-state index contributed by atoms with van der Waals surface area (Å²) in [5.41, 5.74) is -0.00449. The number of hydrogen-bond donors (Lipinski definition) is 0. The van der Waals surface area contributed by atoms with E-state index in [9.17, 15) is 19.3 Å². The highest BCUT2D eigenvalue weighted by molar-refractivity contribution is 6.46. The van der Waals surface area contributed by atoms with E-state index in [1.54, 1.807) is 31.2 Å². The minimum atomic E-state index is -1.29. The molecule has 0 unspecified atom stereocenters. The molecule has 10 nitrogen and oxygen atoms in total. The number of nitrogens with zero attached hydrogens (tertiary/aromatic N) is 4. The molecule has 0 bridgehead atoms. The largest absolute Gasteiger partial charge is 0.494 e. The van der Waals surface area contributed by atoms with Gasteiger partial charge in [0.25, 0.3) is 5.91 Å². The van der Waals surface area contributed by atoms with Crippen molar-refractivity contribution in [1.29, 1.82) is 0 Å². The normalized spacial score (nSPS) is 21.5. The lowest BCUT2D eigenvalue weighted by Crippen LogP contribution is -2.36. The van der Waals surface area contributed by atoms with Crippen LogP contribution in [0.4, 0.5) is 5.69 Å². The number of hydrogen-bond acceptors (Lipinski definition) is 8. The maximum atomic E-state index is 12.8. The van der Waals surface area contributed by atoms with E-state index in [1.165, 1.54) is 0 Å². The Morgan fingerprint density at radius 2 is 1.85 bits per heavy atom. The van der Waals surface area contributed by atoms with Crippen LogP contribution in [0.1, 0.15) is 13.8 Å². The summed E-state index contributed by atoms with van der Waals surface area (Å²) in [6.45, 7) is 3.97. The average molecular weight is 360 g/mol. The molecule has 2 atom stereocenters. The van der Waals surface area contributed by atoms with Gasteiger partial charge < -0.3 is 9.47 Å². The number of rotatable bonds is 6. The van der Waals surface area contributed by atoms with Crippen LogP contribution in [-0.2, 0) is 19.1 Å². The molecule has 3 rings (SSSR count). The third kappa shape index (κ3) is 2.68. The highest BCUT2D eigenvalue weighted by atomic mass is 16.5. The summed E-state index contributed by atoms with van der Waals surface area (Å²) in [6, 6.07) is 5.03. The molecule has 0 aromatic heterocycles. The molecule has 1 fully saturated rings. The fourth-order valence-corrected chi connectivity index (χ4v) is 2.95. The predicted octanol–water partition coefficient (Wildman–Crippen LogP) is 0.859. The molecule has 0 aliphatic carbocycles. The van der Waals surface area contributed by atoms with Gasteiger partial charge in [-0.3, -0.25) is 9.59 Å². The monoisotopic (exact) mass is 360 g/mol. The molecule has 0 saturated carbocycles. The van der Waals surface area contributed by atoms with E-state index in [-0.39, 0.29) is 12.3 Å². The van der Waals surface area contributed by atoms with Crippen molar-refractivity contribution in [2.75, 3.05) is 18.1 Å². The molecule has 1 saturated heterocycles. The van der Waals surface area contributed by atoms with Crippen molar-refractivity contribution >= 4 is 29.2 Å². The van der Waals surface area contributed by atoms with Gasteiger partial charge in [-0.25, -0.2) is 9.69 Å². The molecule has 0 N–H and O–H groups in total. The van der Waals surface area contributed by atoms with Crippen LogP contribution in [-0.4, -0.2) is 47.9 Å². The molecule has 2 aliphatic rings. The highest BCUT2D eigenvalue weighted by Gasteiger charge is 2.59. The predicted molar refractivity (Wildman–Crippen MR) is 89.1 cm³/mol. The van der Waals surface area contributed by atoms with E-state index in [1.807, 2.05) is 6.92 Å². The Bertz CT molecular complexity index is 790. The third-order valence-corrected chi connectivity index (χ3v) is 4.00. The average Bonchev–Trinajstić information content (AvgIpc) is 3.14. The Balaban J connectivity index is 1.93. The van der Waals surface area contributed by atoms with Crippen molar-refractivity contribution in [3.63, 3.8) is 0 Å². The van der Waals surface area contributed by atoms with Crippen LogP contribution in [0.25, 0.3) is 0 Å². The van der Waals surface area contributed by atoms with Crippen LogP contribution in [0.15, 0.2) is 34.7 Å². The Morgan fingerprint density at radius 1 is 1.15 bits per heavy atom. The van der Waals surface area contributed by atoms with Crippen molar-refractivity contribution < 1.29 is 23.9 Å². The number of imide groups is 1. The van der Waals surface area contributed by atoms with Gasteiger partial charge in [-0.15, -0.1) is 15.1 Å². The van der Waals surface area contributed by atoms with Gasteiger partial charge in [0.1, 0.15) is 11.7 Å². The first-order valence-electron chi connectivity index (χ1n) is 8.02. The van der Waals surface area contributed by atoms with E-state index in [2.05, 4.69) is 10.4 Å². The molecule has 1 aromatic rings. The molecule has 2 amide bonds. The minimum Gasteiger partial charge on any atom is -0.494 e. The molecule has 2 heterocycles. The van der Waals surface area contributed by atoms with Crippen molar-refractivity contribution in [2.24, 2.45) is 16.3 Å². The maximum Gasteiger partial charge on any atom is 0.355 e. The fourth-order valence-electron chi connectivity index (χ4n) is 2.95. The molecular weight excluding hydrogens is 344 g/mol. The number of hydrazone groups is 1. The minimum absolute atomic E-state index is 0.0640. The van der Waals surface area contributed by atoms with Crippen LogP contribution >= 0.6 is 0 Å². The fraction of sp³-hybridized carbons (Fsp3) is 0.375. The first-order valence-corrected chi connectivity index (χ1v) is 8.02. The SMILES string of the molecule is CCOC(=O)C1=NN(N=O)[C@@H]2C(=O)N(c3ccc(OCC)cc3)C(=O)[C@H]12. The van der Waals surface area contributed by atoms with Crippen LogP contribution in [0, 0.1) is 10.8 Å². The smallest absolute Gasteiger partial charge is 0.355 e. The molecule has 0 radical (unpaired) electrons. The van der Waals surface area contributed by atoms with E-state index in [0.29, 0.717) is 23.2 Å². The Labute approximate surface area is 148 Å². The van der Waals surface area contributed by atoms with Gasteiger partial charge in [0.2, 0.25) is 5.91 Å². The van der Waals surface area contributed by atoms with Gasteiger partial charge in [-0.2, -0.15) is 0 Å². The molecule has 10 heteroatoms. The third-order valence-electron chi connectivity index (χ3n) is 4.00. The highest BCUT2D eigenvalue weighted by Crippen LogP contribution is 2.36. The van der Waals surface area contributed by atoms with Crippen molar-refractivity contribution in [3.8, 4) is 5.75 Å². The number of carbonyl (C=O) groups excluding carboxylic acids is 3. The lowest BCUT2D eigenvalue weighted by Gasteiger charge is -2.17. The van der Waals surface area contributed by atoms with Crippen molar-refractivity contribution in [2.45, 2.75) is 19.9 Å². The molecule has 0 spiro atoms.